The van der Waals surface area contributed by atoms with Crippen LogP contribution in [0.25, 0.3) is 0 Å². The van der Waals surface area contributed by atoms with Crippen molar-refractivity contribution in [2.45, 2.75) is 50.7 Å². The topological polar surface area (TPSA) is 57.2 Å². The van der Waals surface area contributed by atoms with Crippen molar-refractivity contribution in [1.29, 1.82) is 0 Å². The highest BCUT2D eigenvalue weighted by Crippen LogP contribution is 2.37. The van der Waals surface area contributed by atoms with Crippen molar-refractivity contribution in [3.05, 3.63) is 0 Å². The number of ether oxygens (including phenoxy) is 4. The van der Waals surface area contributed by atoms with Crippen molar-refractivity contribution in [3.8, 4) is 0 Å². The van der Waals surface area contributed by atoms with Crippen molar-refractivity contribution in [3.63, 3.8) is 0 Å². The first-order valence-electron chi connectivity index (χ1n) is 5.20. The maximum Gasteiger partial charge on any atom is 0.187 e. The molecule has 0 radical (unpaired) electrons. The molecule has 2 rings (SSSR count). The zero-order chi connectivity index (χ0) is 11.1. The first-order valence-corrected chi connectivity index (χ1v) is 5.20. The third kappa shape index (κ3) is 2.32. The van der Waals surface area contributed by atoms with Crippen LogP contribution in [0.5, 0.6) is 0 Å². The van der Waals surface area contributed by atoms with Crippen LogP contribution >= 0.6 is 0 Å². The second-order valence-electron chi connectivity index (χ2n) is 4.48. The minimum Gasteiger partial charge on any atom is -0.388 e. The van der Waals surface area contributed by atoms with Crippen molar-refractivity contribution in [2.24, 2.45) is 0 Å². The summed E-state index contributed by atoms with van der Waals surface area (Å²) in [5.74, 6) is -0.577. The van der Waals surface area contributed by atoms with Crippen molar-refractivity contribution in [2.75, 3.05) is 13.7 Å². The van der Waals surface area contributed by atoms with Crippen LogP contribution in [0.3, 0.4) is 0 Å². The Bertz CT molecular complexity index is 214. The lowest BCUT2D eigenvalue weighted by molar-refractivity contribution is -0.215. The van der Waals surface area contributed by atoms with E-state index in [-0.39, 0.29) is 25.1 Å². The van der Waals surface area contributed by atoms with Gasteiger partial charge in [0.2, 0.25) is 0 Å². The van der Waals surface area contributed by atoms with E-state index in [1.807, 2.05) is 13.8 Å². The summed E-state index contributed by atoms with van der Waals surface area (Å²) in [6.45, 7) is 3.98. The minimum absolute atomic E-state index is 0.0727. The fourth-order valence-electron chi connectivity index (χ4n) is 2.06. The summed E-state index contributed by atoms with van der Waals surface area (Å²) in [7, 11) is 1.55. The number of hydrogen-bond acceptors (Lipinski definition) is 5. The molecule has 0 aromatic heterocycles. The van der Waals surface area contributed by atoms with E-state index in [2.05, 4.69) is 0 Å². The standard InChI is InChI=1S/C10H18O5/c1-10(2)14-8-4-7(6(11)5-12-3)13-9(8)15-10/h6-9,11H,4-5H2,1-3H3/t6-,7-,8+,9+/m0/s1. The molecule has 0 saturated carbocycles. The molecule has 0 aromatic carbocycles. The normalized spacial score (nSPS) is 40.4. The fourth-order valence-corrected chi connectivity index (χ4v) is 2.06. The van der Waals surface area contributed by atoms with Gasteiger partial charge < -0.3 is 24.1 Å². The van der Waals surface area contributed by atoms with Gasteiger partial charge in [-0.2, -0.15) is 0 Å². The number of aliphatic hydroxyl groups excluding tert-OH is 1. The summed E-state index contributed by atoms with van der Waals surface area (Å²) in [5.41, 5.74) is 0. The van der Waals surface area contributed by atoms with Gasteiger partial charge in [-0.3, -0.25) is 0 Å². The molecule has 2 heterocycles. The van der Waals surface area contributed by atoms with Crippen molar-refractivity contribution in [1.82, 2.24) is 0 Å². The molecule has 0 bridgehead atoms. The molecule has 0 unspecified atom stereocenters. The molecule has 15 heavy (non-hydrogen) atoms. The second-order valence-corrected chi connectivity index (χ2v) is 4.48. The lowest BCUT2D eigenvalue weighted by Gasteiger charge is -2.22. The van der Waals surface area contributed by atoms with Gasteiger partial charge in [0, 0.05) is 13.5 Å². The summed E-state index contributed by atoms with van der Waals surface area (Å²) < 4.78 is 21.6. The predicted molar refractivity (Wildman–Crippen MR) is 51.2 cm³/mol. The molecule has 5 nitrogen and oxygen atoms in total. The fraction of sp³-hybridized carbons (Fsp3) is 1.00. The number of methoxy groups -OCH3 is 1. The number of aliphatic hydroxyl groups is 1. The molecule has 2 saturated heterocycles. The van der Waals surface area contributed by atoms with Crippen LogP contribution in [0, 0.1) is 0 Å². The Labute approximate surface area is 89.3 Å². The molecule has 0 spiro atoms. The maximum atomic E-state index is 9.67. The Hall–Kier alpha value is -0.200. The van der Waals surface area contributed by atoms with Gasteiger partial charge in [-0.25, -0.2) is 0 Å². The first kappa shape index (κ1) is 11.3. The molecule has 88 valence electrons. The molecule has 2 fully saturated rings. The van der Waals surface area contributed by atoms with E-state index in [0.717, 1.165) is 0 Å². The highest BCUT2D eigenvalue weighted by molar-refractivity contribution is 4.88. The first-order chi connectivity index (χ1) is 7.02. The molecule has 0 amide bonds. The molecule has 0 aliphatic carbocycles. The highest BCUT2D eigenvalue weighted by Gasteiger charge is 2.49. The van der Waals surface area contributed by atoms with Crippen LogP contribution in [0.1, 0.15) is 20.3 Å². The van der Waals surface area contributed by atoms with E-state index >= 15 is 0 Å². The van der Waals surface area contributed by atoms with Crippen molar-refractivity contribution < 1.29 is 24.1 Å². The van der Waals surface area contributed by atoms with Gasteiger partial charge in [0.1, 0.15) is 12.2 Å². The number of hydrogen-bond donors (Lipinski definition) is 1. The van der Waals surface area contributed by atoms with E-state index in [9.17, 15) is 5.11 Å². The molecule has 5 heteroatoms. The highest BCUT2D eigenvalue weighted by atomic mass is 16.8. The van der Waals surface area contributed by atoms with E-state index in [0.29, 0.717) is 6.42 Å². The summed E-state index contributed by atoms with van der Waals surface area (Å²) in [4.78, 5) is 0. The third-order valence-electron chi connectivity index (χ3n) is 2.68. The average Bonchev–Trinajstić information content (AvgIpc) is 2.57. The summed E-state index contributed by atoms with van der Waals surface area (Å²) in [5, 5.41) is 9.67. The Morgan fingerprint density at radius 1 is 1.47 bits per heavy atom. The quantitative estimate of drug-likeness (QED) is 0.736. The number of fused-ring (bicyclic) bond motifs is 1. The van der Waals surface area contributed by atoms with Crippen LogP contribution in [0.2, 0.25) is 0 Å². The van der Waals surface area contributed by atoms with Gasteiger partial charge in [0.25, 0.3) is 0 Å². The third-order valence-corrected chi connectivity index (χ3v) is 2.68. The zero-order valence-electron chi connectivity index (χ0n) is 9.30. The molecule has 1 N–H and O–H groups in total. The van der Waals surface area contributed by atoms with Gasteiger partial charge in [0.15, 0.2) is 12.1 Å². The van der Waals surface area contributed by atoms with E-state index < -0.39 is 11.9 Å². The van der Waals surface area contributed by atoms with Gasteiger partial charge in [0.05, 0.1) is 12.7 Å². The second kappa shape index (κ2) is 3.99. The van der Waals surface area contributed by atoms with Gasteiger partial charge in [-0.15, -0.1) is 0 Å². The van der Waals surface area contributed by atoms with Gasteiger partial charge in [-0.1, -0.05) is 0 Å². The summed E-state index contributed by atoms with van der Waals surface area (Å²) in [6, 6.07) is 0. The zero-order valence-corrected chi connectivity index (χ0v) is 9.30. The van der Waals surface area contributed by atoms with Gasteiger partial charge in [-0.05, 0) is 13.8 Å². The Morgan fingerprint density at radius 3 is 2.80 bits per heavy atom. The summed E-state index contributed by atoms with van der Waals surface area (Å²) in [6.07, 6.45) is -0.640. The largest absolute Gasteiger partial charge is 0.388 e. The van der Waals surface area contributed by atoms with E-state index in [4.69, 9.17) is 18.9 Å². The van der Waals surface area contributed by atoms with Gasteiger partial charge >= 0.3 is 0 Å². The van der Waals surface area contributed by atoms with E-state index in [1.165, 1.54) is 0 Å². The summed E-state index contributed by atoms with van der Waals surface area (Å²) >= 11 is 0. The number of rotatable bonds is 3. The maximum absolute atomic E-state index is 9.67. The predicted octanol–water partition coefficient (Wildman–Crippen LogP) is 0.260. The van der Waals surface area contributed by atoms with E-state index in [1.54, 1.807) is 7.11 Å². The average molecular weight is 218 g/mol. The Balaban J connectivity index is 1.88. The SMILES string of the molecule is COC[C@H](O)[C@@H]1C[C@H]2OC(C)(C)O[C@H]2O1. The van der Waals surface area contributed by atoms with Crippen LogP contribution in [0.15, 0.2) is 0 Å². The molecular weight excluding hydrogens is 200 g/mol. The molecule has 2 aliphatic rings. The van der Waals surface area contributed by atoms with Crippen LogP contribution < -0.4 is 0 Å². The lowest BCUT2D eigenvalue weighted by atomic mass is 10.1. The monoisotopic (exact) mass is 218 g/mol. The Kier molecular flexibility index (Phi) is 3.00. The lowest BCUT2D eigenvalue weighted by Crippen LogP contribution is -2.33. The molecule has 2 aliphatic heterocycles. The van der Waals surface area contributed by atoms with Crippen molar-refractivity contribution >= 4 is 0 Å². The molecule has 0 aromatic rings. The minimum atomic E-state index is -0.615. The smallest absolute Gasteiger partial charge is 0.187 e. The van der Waals surface area contributed by atoms with Crippen LogP contribution in [-0.2, 0) is 18.9 Å². The molecular formula is C10H18O5. The molecule has 4 atom stereocenters. The van der Waals surface area contributed by atoms with Crippen LogP contribution in [-0.4, -0.2) is 49.2 Å². The Morgan fingerprint density at radius 2 is 2.20 bits per heavy atom. The van der Waals surface area contributed by atoms with Crippen LogP contribution in [0.4, 0.5) is 0 Å².